The molecular formula is C24H24N6O2S. The maximum Gasteiger partial charge on any atom is 0.254 e. The minimum absolute atomic E-state index is 0.0432. The van der Waals surface area contributed by atoms with Gasteiger partial charge in [0.1, 0.15) is 5.69 Å². The SMILES string of the molecule is CCN1C(=O)C(C)(C)c2cc3[nH]c(-c4n[nH]c5ccc(C(=O)N6CCSC6)cc45)nc3cc21. The standard InChI is InChI=1S/C24H24N6O2S/c1-4-30-19-11-18-17(10-15(19)24(2,3)23(30)32)25-21(26-18)20-14-9-13(5-6-16(14)27-28-20)22(31)29-7-8-33-12-29/h5-6,9-11H,4,7-8,12H2,1-3H3,(H,25,26)(H,27,28). The van der Waals surface area contributed by atoms with Gasteiger partial charge in [0.25, 0.3) is 5.91 Å². The van der Waals surface area contributed by atoms with Gasteiger partial charge in [-0.3, -0.25) is 14.7 Å². The van der Waals surface area contributed by atoms with E-state index in [0.717, 1.165) is 51.4 Å². The molecule has 0 radical (unpaired) electrons. The molecular weight excluding hydrogens is 436 g/mol. The lowest BCUT2D eigenvalue weighted by Gasteiger charge is -2.18. The minimum atomic E-state index is -0.576. The van der Waals surface area contributed by atoms with Gasteiger partial charge in [0.15, 0.2) is 5.82 Å². The Kier molecular flexibility index (Phi) is 4.35. The summed E-state index contributed by atoms with van der Waals surface area (Å²) in [5.41, 5.74) is 5.17. The molecule has 2 aliphatic heterocycles. The fraction of sp³-hybridized carbons (Fsp3) is 0.333. The lowest BCUT2D eigenvalue weighted by molar-refractivity contribution is -0.122. The van der Waals surface area contributed by atoms with Crippen molar-refractivity contribution in [1.29, 1.82) is 0 Å². The van der Waals surface area contributed by atoms with Gasteiger partial charge in [-0.2, -0.15) is 5.10 Å². The minimum Gasteiger partial charge on any atom is -0.337 e. The number of nitrogens with one attached hydrogen (secondary N) is 2. The number of H-pyrrole nitrogens is 2. The van der Waals surface area contributed by atoms with Crippen LogP contribution >= 0.6 is 11.8 Å². The molecule has 4 heterocycles. The normalized spacial score (nSPS) is 17.5. The zero-order valence-electron chi connectivity index (χ0n) is 18.7. The second kappa shape index (κ2) is 7.08. The van der Waals surface area contributed by atoms with E-state index >= 15 is 0 Å². The molecule has 0 atom stereocenters. The highest BCUT2D eigenvalue weighted by molar-refractivity contribution is 7.99. The van der Waals surface area contributed by atoms with E-state index in [1.165, 1.54) is 0 Å². The summed E-state index contributed by atoms with van der Waals surface area (Å²) in [4.78, 5) is 37.6. The van der Waals surface area contributed by atoms with Gasteiger partial charge in [0, 0.05) is 29.8 Å². The molecule has 2 amide bonds. The molecule has 2 aromatic carbocycles. The molecule has 0 unspecified atom stereocenters. The molecule has 0 spiro atoms. The van der Waals surface area contributed by atoms with E-state index in [2.05, 4.69) is 15.2 Å². The number of imidazole rings is 1. The van der Waals surface area contributed by atoms with E-state index in [-0.39, 0.29) is 11.8 Å². The van der Waals surface area contributed by atoms with E-state index in [1.54, 1.807) is 11.8 Å². The lowest BCUT2D eigenvalue weighted by Crippen LogP contribution is -2.35. The zero-order valence-corrected chi connectivity index (χ0v) is 19.5. The molecule has 6 rings (SSSR count). The topological polar surface area (TPSA) is 98.0 Å². The Labute approximate surface area is 194 Å². The molecule has 2 aliphatic rings. The predicted molar refractivity (Wildman–Crippen MR) is 131 cm³/mol. The van der Waals surface area contributed by atoms with Crippen molar-refractivity contribution in [2.24, 2.45) is 0 Å². The number of aromatic nitrogens is 4. The van der Waals surface area contributed by atoms with Crippen LogP contribution in [0.15, 0.2) is 30.3 Å². The van der Waals surface area contributed by atoms with Crippen molar-refractivity contribution < 1.29 is 9.59 Å². The van der Waals surface area contributed by atoms with E-state index in [9.17, 15) is 9.59 Å². The van der Waals surface area contributed by atoms with Crippen LogP contribution < -0.4 is 4.90 Å². The Morgan fingerprint density at radius 2 is 2.06 bits per heavy atom. The highest BCUT2D eigenvalue weighted by Gasteiger charge is 2.43. The van der Waals surface area contributed by atoms with E-state index in [0.29, 0.717) is 23.6 Å². The van der Waals surface area contributed by atoms with Gasteiger partial charge in [-0.25, -0.2) is 4.98 Å². The van der Waals surface area contributed by atoms with E-state index in [4.69, 9.17) is 4.98 Å². The number of fused-ring (bicyclic) bond motifs is 3. The van der Waals surface area contributed by atoms with Crippen molar-refractivity contribution in [3.8, 4) is 11.5 Å². The number of carbonyl (C=O) groups is 2. The van der Waals surface area contributed by atoms with Gasteiger partial charge in [-0.05, 0) is 56.7 Å². The van der Waals surface area contributed by atoms with Crippen LogP contribution in [0.5, 0.6) is 0 Å². The second-order valence-electron chi connectivity index (χ2n) is 9.08. The van der Waals surface area contributed by atoms with Gasteiger partial charge >= 0.3 is 0 Å². The number of amides is 2. The van der Waals surface area contributed by atoms with Gasteiger partial charge in [0.2, 0.25) is 5.91 Å². The number of hydrogen-bond acceptors (Lipinski definition) is 5. The quantitative estimate of drug-likeness (QED) is 0.483. The summed E-state index contributed by atoms with van der Waals surface area (Å²) in [6.07, 6.45) is 0. The summed E-state index contributed by atoms with van der Waals surface area (Å²) in [6.45, 7) is 7.31. The number of anilines is 1. The van der Waals surface area contributed by atoms with Crippen LogP contribution in [-0.4, -0.2) is 61.6 Å². The summed E-state index contributed by atoms with van der Waals surface area (Å²) < 4.78 is 0. The number of thioether (sulfide) groups is 1. The summed E-state index contributed by atoms with van der Waals surface area (Å²) >= 11 is 1.77. The Balaban J connectivity index is 1.45. The van der Waals surface area contributed by atoms with Gasteiger partial charge in [0.05, 0.1) is 33.5 Å². The molecule has 2 aromatic heterocycles. The summed E-state index contributed by atoms with van der Waals surface area (Å²) in [7, 11) is 0. The number of benzene rings is 2. The zero-order chi connectivity index (χ0) is 22.9. The molecule has 4 aromatic rings. The Morgan fingerprint density at radius 1 is 1.21 bits per heavy atom. The van der Waals surface area contributed by atoms with Crippen LogP contribution in [-0.2, 0) is 10.2 Å². The molecule has 8 nitrogen and oxygen atoms in total. The summed E-state index contributed by atoms with van der Waals surface area (Å²) in [5.74, 6) is 2.50. The Morgan fingerprint density at radius 3 is 2.82 bits per heavy atom. The van der Waals surface area contributed by atoms with Gasteiger partial charge < -0.3 is 14.8 Å². The fourth-order valence-electron chi connectivity index (χ4n) is 4.84. The molecule has 33 heavy (non-hydrogen) atoms. The van der Waals surface area contributed by atoms with Crippen LogP contribution in [0.25, 0.3) is 33.5 Å². The van der Waals surface area contributed by atoms with Crippen LogP contribution in [0.4, 0.5) is 5.69 Å². The fourth-order valence-corrected chi connectivity index (χ4v) is 5.79. The second-order valence-corrected chi connectivity index (χ2v) is 10.2. The van der Waals surface area contributed by atoms with E-state index in [1.807, 2.05) is 60.9 Å². The molecule has 168 valence electrons. The molecule has 0 bridgehead atoms. The largest absolute Gasteiger partial charge is 0.337 e. The molecule has 0 saturated carbocycles. The third kappa shape index (κ3) is 2.91. The molecule has 9 heteroatoms. The lowest BCUT2D eigenvalue weighted by atomic mass is 9.86. The van der Waals surface area contributed by atoms with Crippen molar-refractivity contribution >= 4 is 51.2 Å². The number of aromatic amines is 2. The smallest absolute Gasteiger partial charge is 0.254 e. The number of rotatable bonds is 3. The van der Waals surface area contributed by atoms with Crippen molar-refractivity contribution in [2.45, 2.75) is 26.2 Å². The van der Waals surface area contributed by atoms with Crippen LogP contribution in [0.1, 0.15) is 36.7 Å². The number of likely N-dealkylation sites (N-methyl/N-ethyl adjacent to an activating group) is 1. The maximum absolute atomic E-state index is 12.9. The van der Waals surface area contributed by atoms with Crippen LogP contribution in [0.2, 0.25) is 0 Å². The summed E-state index contributed by atoms with van der Waals surface area (Å²) in [6, 6.07) is 9.65. The summed E-state index contributed by atoms with van der Waals surface area (Å²) in [5, 5.41) is 8.40. The van der Waals surface area contributed by atoms with Crippen LogP contribution in [0.3, 0.4) is 0 Å². The highest BCUT2D eigenvalue weighted by Crippen LogP contribution is 2.43. The number of hydrogen-bond donors (Lipinski definition) is 2. The maximum atomic E-state index is 12.9. The third-order valence-corrected chi connectivity index (χ3v) is 7.70. The first-order valence-electron chi connectivity index (χ1n) is 11.1. The number of nitrogens with zero attached hydrogens (tertiary/aromatic N) is 4. The monoisotopic (exact) mass is 460 g/mol. The van der Waals surface area contributed by atoms with Crippen molar-refractivity contribution in [1.82, 2.24) is 25.1 Å². The molecule has 1 fully saturated rings. The first kappa shape index (κ1) is 20.3. The first-order valence-corrected chi connectivity index (χ1v) is 12.3. The van der Waals surface area contributed by atoms with Crippen LogP contribution in [0, 0.1) is 0 Å². The van der Waals surface area contributed by atoms with Crippen molar-refractivity contribution in [3.63, 3.8) is 0 Å². The average molecular weight is 461 g/mol. The molecule has 0 aliphatic carbocycles. The number of carbonyl (C=O) groups excluding carboxylic acids is 2. The molecule has 2 N–H and O–H groups in total. The predicted octanol–water partition coefficient (Wildman–Crippen LogP) is 3.90. The Bertz CT molecular complexity index is 1450. The van der Waals surface area contributed by atoms with E-state index < -0.39 is 5.41 Å². The van der Waals surface area contributed by atoms with Gasteiger partial charge in [-0.15, -0.1) is 11.8 Å². The first-order chi connectivity index (χ1) is 15.9. The highest BCUT2D eigenvalue weighted by atomic mass is 32.2. The molecule has 1 saturated heterocycles. The average Bonchev–Trinajstić information content (AvgIpc) is 3.58. The Hall–Kier alpha value is -3.33. The van der Waals surface area contributed by atoms with Gasteiger partial charge in [-0.1, -0.05) is 0 Å². The third-order valence-electron chi connectivity index (χ3n) is 6.73. The van der Waals surface area contributed by atoms with Crippen molar-refractivity contribution in [2.75, 3.05) is 29.6 Å². The van der Waals surface area contributed by atoms with Crippen molar-refractivity contribution in [3.05, 3.63) is 41.5 Å².